The summed E-state index contributed by atoms with van der Waals surface area (Å²) >= 11 is 6.09. The van der Waals surface area contributed by atoms with Crippen molar-refractivity contribution in [2.45, 2.75) is 19.9 Å². The molecule has 0 aliphatic heterocycles. The molecule has 1 aromatic carbocycles. The van der Waals surface area contributed by atoms with Gasteiger partial charge in [-0.1, -0.05) is 32.0 Å². The zero-order valence-electron chi connectivity index (χ0n) is 10.2. The van der Waals surface area contributed by atoms with Crippen LogP contribution in [-0.4, -0.2) is 31.0 Å². The second kappa shape index (κ2) is 6.77. The molecule has 2 nitrogen and oxygen atoms in total. The van der Waals surface area contributed by atoms with E-state index in [0.29, 0.717) is 5.88 Å². The SMILES string of the molecule is CCN(CC)C(CCl)c1ccccc1OC. The van der Waals surface area contributed by atoms with E-state index in [1.807, 2.05) is 18.2 Å². The molecule has 0 aliphatic carbocycles. The first-order valence-electron chi connectivity index (χ1n) is 5.71. The van der Waals surface area contributed by atoms with Crippen LogP contribution in [0.5, 0.6) is 5.75 Å². The first kappa shape index (κ1) is 13.3. The van der Waals surface area contributed by atoms with Gasteiger partial charge in [0.25, 0.3) is 0 Å². The second-order valence-electron chi connectivity index (χ2n) is 3.63. The molecule has 90 valence electrons. The van der Waals surface area contributed by atoms with Gasteiger partial charge in [-0.2, -0.15) is 0 Å². The van der Waals surface area contributed by atoms with Crippen molar-refractivity contribution in [1.29, 1.82) is 0 Å². The van der Waals surface area contributed by atoms with E-state index in [1.165, 1.54) is 5.56 Å². The molecule has 0 N–H and O–H groups in total. The third-order valence-corrected chi connectivity index (χ3v) is 3.19. The lowest BCUT2D eigenvalue weighted by Gasteiger charge is -2.29. The Morgan fingerprint density at radius 3 is 2.38 bits per heavy atom. The van der Waals surface area contributed by atoms with Crippen LogP contribution in [0.3, 0.4) is 0 Å². The van der Waals surface area contributed by atoms with E-state index in [-0.39, 0.29) is 6.04 Å². The van der Waals surface area contributed by atoms with Gasteiger partial charge in [0, 0.05) is 11.4 Å². The summed E-state index contributed by atoms with van der Waals surface area (Å²) in [6.45, 7) is 6.29. The van der Waals surface area contributed by atoms with E-state index in [0.717, 1.165) is 18.8 Å². The maximum Gasteiger partial charge on any atom is 0.123 e. The van der Waals surface area contributed by atoms with Crippen LogP contribution in [0.1, 0.15) is 25.5 Å². The van der Waals surface area contributed by atoms with Crippen LogP contribution in [0, 0.1) is 0 Å². The lowest BCUT2D eigenvalue weighted by Crippen LogP contribution is -2.29. The van der Waals surface area contributed by atoms with E-state index in [1.54, 1.807) is 7.11 Å². The minimum absolute atomic E-state index is 0.229. The third-order valence-electron chi connectivity index (χ3n) is 2.90. The van der Waals surface area contributed by atoms with E-state index < -0.39 is 0 Å². The summed E-state index contributed by atoms with van der Waals surface area (Å²) in [6, 6.07) is 8.31. The van der Waals surface area contributed by atoms with Crippen molar-refractivity contribution in [3.05, 3.63) is 29.8 Å². The molecule has 0 aliphatic rings. The van der Waals surface area contributed by atoms with Gasteiger partial charge in [-0.3, -0.25) is 4.90 Å². The fraction of sp³-hybridized carbons (Fsp3) is 0.538. The predicted octanol–water partition coefficient (Wildman–Crippen LogP) is 3.32. The molecule has 0 spiro atoms. The topological polar surface area (TPSA) is 12.5 Å². The predicted molar refractivity (Wildman–Crippen MR) is 69.4 cm³/mol. The molecular weight excluding hydrogens is 222 g/mol. The van der Waals surface area contributed by atoms with Crippen LogP contribution in [0.25, 0.3) is 0 Å². The average Bonchev–Trinajstić information content (AvgIpc) is 2.35. The molecular formula is C13H20ClNO. The van der Waals surface area contributed by atoms with Gasteiger partial charge in [-0.25, -0.2) is 0 Å². The Balaban J connectivity index is 3.02. The van der Waals surface area contributed by atoms with Gasteiger partial charge < -0.3 is 4.74 Å². The summed E-state index contributed by atoms with van der Waals surface area (Å²) < 4.78 is 5.38. The van der Waals surface area contributed by atoms with Crippen molar-refractivity contribution in [3.63, 3.8) is 0 Å². The van der Waals surface area contributed by atoms with Crippen molar-refractivity contribution < 1.29 is 4.74 Å². The van der Waals surface area contributed by atoms with Crippen LogP contribution in [-0.2, 0) is 0 Å². The Morgan fingerprint density at radius 1 is 1.25 bits per heavy atom. The van der Waals surface area contributed by atoms with Gasteiger partial charge in [-0.05, 0) is 19.2 Å². The summed E-state index contributed by atoms with van der Waals surface area (Å²) in [5, 5.41) is 0. The van der Waals surface area contributed by atoms with Gasteiger partial charge in [0.15, 0.2) is 0 Å². The van der Waals surface area contributed by atoms with Gasteiger partial charge in [0.05, 0.1) is 13.2 Å². The van der Waals surface area contributed by atoms with Crippen molar-refractivity contribution >= 4 is 11.6 Å². The number of methoxy groups -OCH3 is 1. The number of rotatable bonds is 6. The Kier molecular flexibility index (Phi) is 5.64. The van der Waals surface area contributed by atoms with Crippen LogP contribution in [0.4, 0.5) is 0 Å². The highest BCUT2D eigenvalue weighted by molar-refractivity contribution is 6.18. The number of alkyl halides is 1. The average molecular weight is 242 g/mol. The summed E-state index contributed by atoms with van der Waals surface area (Å²) in [4.78, 5) is 2.34. The number of para-hydroxylation sites is 1. The molecule has 0 saturated carbocycles. The van der Waals surface area contributed by atoms with E-state index >= 15 is 0 Å². The molecule has 0 fully saturated rings. The number of benzene rings is 1. The normalized spacial score (nSPS) is 12.8. The molecule has 1 aromatic rings. The Hall–Kier alpha value is -0.730. The number of nitrogens with zero attached hydrogens (tertiary/aromatic N) is 1. The standard InChI is InChI=1S/C13H20ClNO/c1-4-15(5-2)12(10-14)11-8-6-7-9-13(11)16-3/h6-9,12H,4-5,10H2,1-3H3. The van der Waals surface area contributed by atoms with Gasteiger partial charge in [0.1, 0.15) is 5.75 Å². The van der Waals surface area contributed by atoms with E-state index in [9.17, 15) is 0 Å². The molecule has 0 saturated heterocycles. The molecule has 1 unspecified atom stereocenters. The monoisotopic (exact) mass is 241 g/mol. The molecule has 0 amide bonds. The van der Waals surface area contributed by atoms with Gasteiger partial charge in [-0.15, -0.1) is 11.6 Å². The number of halogens is 1. The summed E-state index contributed by atoms with van der Waals surface area (Å²) in [7, 11) is 1.70. The third kappa shape index (κ3) is 2.89. The van der Waals surface area contributed by atoms with Crippen LogP contribution in [0.15, 0.2) is 24.3 Å². The molecule has 16 heavy (non-hydrogen) atoms. The quantitative estimate of drug-likeness (QED) is 0.709. The molecule has 0 aromatic heterocycles. The summed E-state index contributed by atoms with van der Waals surface area (Å²) in [6.07, 6.45) is 0. The number of hydrogen-bond acceptors (Lipinski definition) is 2. The Bertz CT molecular complexity index is 313. The van der Waals surface area contributed by atoms with Gasteiger partial charge in [0.2, 0.25) is 0 Å². The number of hydrogen-bond donors (Lipinski definition) is 0. The highest BCUT2D eigenvalue weighted by Gasteiger charge is 2.19. The molecule has 0 heterocycles. The molecule has 0 radical (unpaired) electrons. The van der Waals surface area contributed by atoms with Crippen molar-refractivity contribution in [2.75, 3.05) is 26.1 Å². The highest BCUT2D eigenvalue weighted by Crippen LogP contribution is 2.29. The summed E-state index contributed by atoms with van der Waals surface area (Å²) in [5.74, 6) is 1.50. The van der Waals surface area contributed by atoms with Crippen molar-refractivity contribution in [3.8, 4) is 5.75 Å². The second-order valence-corrected chi connectivity index (χ2v) is 3.94. The molecule has 1 rings (SSSR count). The Morgan fingerprint density at radius 2 is 1.88 bits per heavy atom. The largest absolute Gasteiger partial charge is 0.496 e. The highest BCUT2D eigenvalue weighted by atomic mass is 35.5. The van der Waals surface area contributed by atoms with Crippen LogP contribution >= 0.6 is 11.6 Å². The molecule has 1 atom stereocenters. The zero-order chi connectivity index (χ0) is 12.0. The first-order valence-corrected chi connectivity index (χ1v) is 6.24. The first-order chi connectivity index (χ1) is 7.78. The lowest BCUT2D eigenvalue weighted by atomic mass is 10.1. The minimum atomic E-state index is 0.229. The van der Waals surface area contributed by atoms with Crippen molar-refractivity contribution in [2.24, 2.45) is 0 Å². The smallest absolute Gasteiger partial charge is 0.123 e. The lowest BCUT2D eigenvalue weighted by molar-refractivity contribution is 0.232. The summed E-state index contributed by atoms with van der Waals surface area (Å²) in [5.41, 5.74) is 1.17. The van der Waals surface area contributed by atoms with Crippen molar-refractivity contribution in [1.82, 2.24) is 4.90 Å². The zero-order valence-corrected chi connectivity index (χ0v) is 11.0. The van der Waals surface area contributed by atoms with E-state index in [4.69, 9.17) is 16.3 Å². The molecule has 3 heteroatoms. The van der Waals surface area contributed by atoms with Crippen LogP contribution < -0.4 is 4.74 Å². The fourth-order valence-electron chi connectivity index (χ4n) is 1.98. The van der Waals surface area contributed by atoms with E-state index in [2.05, 4.69) is 24.8 Å². The minimum Gasteiger partial charge on any atom is -0.496 e. The number of ether oxygens (including phenoxy) is 1. The van der Waals surface area contributed by atoms with Crippen LogP contribution in [0.2, 0.25) is 0 Å². The maximum atomic E-state index is 6.09. The maximum absolute atomic E-state index is 6.09. The Labute approximate surface area is 103 Å². The fourth-order valence-corrected chi connectivity index (χ4v) is 2.34. The van der Waals surface area contributed by atoms with Gasteiger partial charge >= 0.3 is 0 Å². The molecule has 0 bridgehead atoms.